The lowest BCUT2D eigenvalue weighted by molar-refractivity contribution is 0.803. The molecule has 0 saturated carbocycles. The Bertz CT molecular complexity index is 458. The van der Waals surface area contributed by atoms with Crippen LogP contribution in [-0.2, 0) is 6.42 Å². The number of anilines is 1. The summed E-state index contributed by atoms with van der Waals surface area (Å²) >= 11 is 0. The average molecular weight is 190 g/mol. The molecule has 4 nitrogen and oxygen atoms in total. The number of nitrogen functional groups attached to an aromatic ring is 1. The molecule has 0 aromatic carbocycles. The molecule has 0 aliphatic rings. The highest BCUT2D eigenvalue weighted by molar-refractivity contribution is 5.45. The SMILES string of the molecule is CCCc1c(C)nc2ccc(N)nn12. The second-order valence-corrected chi connectivity index (χ2v) is 3.42. The Morgan fingerprint density at radius 1 is 1.43 bits per heavy atom. The number of rotatable bonds is 2. The van der Waals surface area contributed by atoms with Crippen LogP contribution in [0.25, 0.3) is 5.65 Å². The van der Waals surface area contributed by atoms with Crippen molar-refractivity contribution in [2.45, 2.75) is 26.7 Å². The van der Waals surface area contributed by atoms with E-state index in [1.807, 2.05) is 17.5 Å². The molecule has 2 rings (SSSR count). The van der Waals surface area contributed by atoms with Crippen molar-refractivity contribution in [3.05, 3.63) is 23.5 Å². The van der Waals surface area contributed by atoms with Gasteiger partial charge in [-0.2, -0.15) is 0 Å². The van der Waals surface area contributed by atoms with Crippen molar-refractivity contribution >= 4 is 11.5 Å². The molecule has 0 unspecified atom stereocenters. The van der Waals surface area contributed by atoms with Gasteiger partial charge in [-0.15, -0.1) is 5.10 Å². The van der Waals surface area contributed by atoms with Gasteiger partial charge in [0.2, 0.25) is 0 Å². The number of aromatic nitrogens is 3. The molecule has 0 saturated heterocycles. The minimum Gasteiger partial charge on any atom is -0.382 e. The van der Waals surface area contributed by atoms with Crippen molar-refractivity contribution in [1.29, 1.82) is 0 Å². The van der Waals surface area contributed by atoms with Crippen LogP contribution in [-0.4, -0.2) is 14.6 Å². The molecule has 0 amide bonds. The first-order valence-corrected chi connectivity index (χ1v) is 4.83. The first kappa shape index (κ1) is 8.99. The molecule has 2 aromatic rings. The van der Waals surface area contributed by atoms with E-state index in [2.05, 4.69) is 17.0 Å². The van der Waals surface area contributed by atoms with Crippen LogP contribution in [0.1, 0.15) is 24.7 Å². The van der Waals surface area contributed by atoms with Gasteiger partial charge >= 0.3 is 0 Å². The zero-order valence-corrected chi connectivity index (χ0v) is 8.49. The summed E-state index contributed by atoms with van der Waals surface area (Å²) in [6, 6.07) is 3.67. The highest BCUT2D eigenvalue weighted by Crippen LogP contribution is 2.13. The van der Waals surface area contributed by atoms with E-state index in [0.717, 1.165) is 29.9 Å². The minimum absolute atomic E-state index is 0.534. The van der Waals surface area contributed by atoms with Gasteiger partial charge in [0.1, 0.15) is 5.82 Å². The zero-order valence-electron chi connectivity index (χ0n) is 8.49. The van der Waals surface area contributed by atoms with E-state index in [9.17, 15) is 0 Å². The van der Waals surface area contributed by atoms with E-state index in [0.29, 0.717) is 5.82 Å². The third-order valence-electron chi connectivity index (χ3n) is 2.28. The van der Waals surface area contributed by atoms with Crippen molar-refractivity contribution in [3.8, 4) is 0 Å². The third kappa shape index (κ3) is 1.32. The lowest BCUT2D eigenvalue weighted by Crippen LogP contribution is -2.01. The standard InChI is InChI=1S/C10H14N4/c1-3-4-8-7(2)12-10-6-5-9(11)13-14(8)10/h5-6H,3-4H2,1-2H3,(H2,11,13). The maximum Gasteiger partial charge on any atom is 0.154 e. The van der Waals surface area contributed by atoms with Crippen LogP contribution in [0, 0.1) is 6.92 Å². The van der Waals surface area contributed by atoms with Gasteiger partial charge in [0, 0.05) is 0 Å². The zero-order chi connectivity index (χ0) is 10.1. The van der Waals surface area contributed by atoms with Crippen molar-refractivity contribution in [2.75, 3.05) is 5.73 Å². The summed E-state index contributed by atoms with van der Waals surface area (Å²) in [7, 11) is 0. The lowest BCUT2D eigenvalue weighted by Gasteiger charge is -2.00. The van der Waals surface area contributed by atoms with E-state index < -0.39 is 0 Å². The molecule has 2 heterocycles. The highest BCUT2D eigenvalue weighted by atomic mass is 15.3. The summed E-state index contributed by atoms with van der Waals surface area (Å²) in [6.45, 7) is 4.15. The molecule has 14 heavy (non-hydrogen) atoms. The Morgan fingerprint density at radius 2 is 2.21 bits per heavy atom. The van der Waals surface area contributed by atoms with Gasteiger partial charge in [-0.1, -0.05) is 13.3 Å². The number of imidazole rings is 1. The fraction of sp³-hybridized carbons (Fsp3) is 0.400. The van der Waals surface area contributed by atoms with Crippen LogP contribution in [0.15, 0.2) is 12.1 Å². The predicted octanol–water partition coefficient (Wildman–Crippen LogP) is 1.57. The quantitative estimate of drug-likeness (QED) is 0.782. The average Bonchev–Trinajstić information content (AvgIpc) is 2.45. The number of nitrogens with two attached hydrogens (primary N) is 1. The van der Waals surface area contributed by atoms with Gasteiger partial charge in [-0.3, -0.25) is 0 Å². The number of hydrogen-bond donors (Lipinski definition) is 1. The Labute approximate surface area is 82.8 Å². The first-order valence-electron chi connectivity index (χ1n) is 4.83. The Hall–Kier alpha value is -1.58. The Kier molecular flexibility index (Phi) is 2.11. The maximum absolute atomic E-state index is 5.64. The summed E-state index contributed by atoms with van der Waals surface area (Å²) in [5.74, 6) is 0.534. The number of fused-ring (bicyclic) bond motifs is 1. The molecule has 0 radical (unpaired) electrons. The smallest absolute Gasteiger partial charge is 0.154 e. The van der Waals surface area contributed by atoms with E-state index >= 15 is 0 Å². The molecule has 2 N–H and O–H groups in total. The Balaban J connectivity index is 2.66. The highest BCUT2D eigenvalue weighted by Gasteiger charge is 2.08. The molecule has 74 valence electrons. The van der Waals surface area contributed by atoms with Crippen LogP contribution in [0.4, 0.5) is 5.82 Å². The van der Waals surface area contributed by atoms with E-state index in [1.165, 1.54) is 0 Å². The molecule has 0 aliphatic heterocycles. The molecule has 0 aliphatic carbocycles. The maximum atomic E-state index is 5.64. The molecule has 2 aromatic heterocycles. The monoisotopic (exact) mass is 190 g/mol. The summed E-state index contributed by atoms with van der Waals surface area (Å²) in [6.07, 6.45) is 2.08. The number of nitrogens with zero attached hydrogens (tertiary/aromatic N) is 3. The molecular weight excluding hydrogens is 176 g/mol. The van der Waals surface area contributed by atoms with Crippen molar-refractivity contribution < 1.29 is 0 Å². The van der Waals surface area contributed by atoms with Crippen LogP contribution in [0.3, 0.4) is 0 Å². The van der Waals surface area contributed by atoms with E-state index in [-0.39, 0.29) is 0 Å². The summed E-state index contributed by atoms with van der Waals surface area (Å²) in [5.41, 5.74) is 8.72. The van der Waals surface area contributed by atoms with Crippen LogP contribution >= 0.6 is 0 Å². The number of hydrogen-bond acceptors (Lipinski definition) is 3. The fourth-order valence-electron chi connectivity index (χ4n) is 1.63. The fourth-order valence-corrected chi connectivity index (χ4v) is 1.63. The van der Waals surface area contributed by atoms with Crippen molar-refractivity contribution in [2.24, 2.45) is 0 Å². The predicted molar refractivity (Wildman–Crippen MR) is 56.1 cm³/mol. The number of aryl methyl sites for hydroxylation is 2. The van der Waals surface area contributed by atoms with Gasteiger partial charge in [-0.05, 0) is 25.5 Å². The van der Waals surface area contributed by atoms with Gasteiger partial charge in [0.05, 0.1) is 11.4 Å². The van der Waals surface area contributed by atoms with Crippen molar-refractivity contribution in [3.63, 3.8) is 0 Å². The summed E-state index contributed by atoms with van der Waals surface area (Å²) < 4.78 is 1.84. The van der Waals surface area contributed by atoms with E-state index in [4.69, 9.17) is 5.73 Å². The van der Waals surface area contributed by atoms with Gasteiger partial charge in [0.15, 0.2) is 5.65 Å². The van der Waals surface area contributed by atoms with Gasteiger partial charge in [0.25, 0.3) is 0 Å². The summed E-state index contributed by atoms with van der Waals surface area (Å²) in [4.78, 5) is 4.42. The Morgan fingerprint density at radius 3 is 2.93 bits per heavy atom. The second-order valence-electron chi connectivity index (χ2n) is 3.42. The normalized spacial score (nSPS) is 11.0. The van der Waals surface area contributed by atoms with Gasteiger partial charge < -0.3 is 5.73 Å². The molecule has 4 heteroatoms. The van der Waals surface area contributed by atoms with Crippen LogP contribution in [0.2, 0.25) is 0 Å². The topological polar surface area (TPSA) is 56.2 Å². The van der Waals surface area contributed by atoms with Gasteiger partial charge in [-0.25, -0.2) is 9.50 Å². The minimum atomic E-state index is 0.534. The van der Waals surface area contributed by atoms with E-state index in [1.54, 1.807) is 6.07 Å². The molecule has 0 atom stereocenters. The lowest BCUT2D eigenvalue weighted by atomic mass is 10.2. The molecule has 0 spiro atoms. The second kappa shape index (κ2) is 3.29. The molecule has 0 fully saturated rings. The van der Waals surface area contributed by atoms with Crippen molar-refractivity contribution in [1.82, 2.24) is 14.6 Å². The molecular formula is C10H14N4. The first-order chi connectivity index (χ1) is 6.72. The molecule has 0 bridgehead atoms. The van der Waals surface area contributed by atoms with Crippen LogP contribution < -0.4 is 5.73 Å². The largest absolute Gasteiger partial charge is 0.382 e. The van der Waals surface area contributed by atoms with Crippen LogP contribution in [0.5, 0.6) is 0 Å². The summed E-state index contributed by atoms with van der Waals surface area (Å²) in [5, 5.41) is 4.25. The third-order valence-corrected chi connectivity index (χ3v) is 2.28.